The van der Waals surface area contributed by atoms with E-state index >= 15 is 0 Å². The van der Waals surface area contributed by atoms with E-state index in [1.807, 2.05) is 47.4 Å². The van der Waals surface area contributed by atoms with Crippen LogP contribution < -0.4 is 25.6 Å². The number of hydrogen-bond acceptors (Lipinski definition) is 13. The molecule has 3 aliphatic heterocycles. The fraction of sp³-hybridized carbons (Fsp3) is 0.372. The number of anilines is 3. The molecule has 3 unspecified atom stereocenters. The summed E-state index contributed by atoms with van der Waals surface area (Å²) in [5, 5.41) is 19.3. The molecule has 7 rings (SSSR count). The van der Waals surface area contributed by atoms with Crippen molar-refractivity contribution in [2.75, 3.05) is 66.5 Å². The van der Waals surface area contributed by atoms with E-state index < -0.39 is 72.2 Å². The van der Waals surface area contributed by atoms with Gasteiger partial charge in [0.25, 0.3) is 19.9 Å². The number of hydrogen-bond donors (Lipinski definition) is 7. The second kappa shape index (κ2) is 20.3. The number of nitrogens with one attached hydrogen (secondary N) is 4. The van der Waals surface area contributed by atoms with Crippen LogP contribution in [0.1, 0.15) is 36.4 Å². The van der Waals surface area contributed by atoms with Crippen molar-refractivity contribution in [3.63, 3.8) is 0 Å². The second-order valence-corrected chi connectivity index (χ2v) is 22.1. The van der Waals surface area contributed by atoms with E-state index in [1.165, 1.54) is 23.9 Å². The maximum atomic E-state index is 14.3. The molecule has 0 amide bonds. The molecule has 2 fully saturated rings. The topological polar surface area (TPSA) is 227 Å². The van der Waals surface area contributed by atoms with Crippen molar-refractivity contribution in [2.45, 2.75) is 63.1 Å². The number of thioether (sulfide) groups is 1. The van der Waals surface area contributed by atoms with Crippen LogP contribution in [0.25, 0.3) is 0 Å². The number of carboxylic acids is 1. The van der Waals surface area contributed by atoms with E-state index in [4.69, 9.17) is 4.52 Å². The first-order valence-electron chi connectivity index (χ1n) is 21.0. The third kappa shape index (κ3) is 11.7. The van der Waals surface area contributed by atoms with Gasteiger partial charge < -0.3 is 40.6 Å². The van der Waals surface area contributed by atoms with E-state index in [2.05, 4.69) is 25.6 Å². The van der Waals surface area contributed by atoms with Crippen molar-refractivity contribution in [1.29, 1.82) is 0 Å². The van der Waals surface area contributed by atoms with E-state index in [0.717, 1.165) is 28.3 Å². The van der Waals surface area contributed by atoms with Crippen LogP contribution in [0, 0.1) is 0 Å². The third-order valence-electron chi connectivity index (χ3n) is 11.8. The summed E-state index contributed by atoms with van der Waals surface area (Å²) < 4.78 is 115. The Labute approximate surface area is 385 Å². The van der Waals surface area contributed by atoms with Gasteiger partial charge in [-0.2, -0.15) is 13.2 Å². The van der Waals surface area contributed by atoms with Crippen molar-refractivity contribution < 1.29 is 58.8 Å². The summed E-state index contributed by atoms with van der Waals surface area (Å²) in [7, 11) is -15.4. The van der Waals surface area contributed by atoms with Crippen LogP contribution >= 0.6 is 19.6 Å². The molecular weight excluding hydrogens is 945 g/mol. The van der Waals surface area contributed by atoms with E-state index in [0.29, 0.717) is 70.2 Å². The fourth-order valence-electron chi connectivity index (χ4n) is 8.24. The Balaban J connectivity index is 1.08. The molecular formula is C43H50F3N6O10PS3. The number of phosphoric acid groups is 1. The zero-order valence-electron chi connectivity index (χ0n) is 35.3. The van der Waals surface area contributed by atoms with Crippen LogP contribution in [-0.4, -0.2) is 112 Å². The largest absolute Gasteiger partial charge is 0.501 e. The molecule has 0 spiro atoms. The molecule has 3 heterocycles. The zero-order valence-corrected chi connectivity index (χ0v) is 38.6. The molecule has 0 aliphatic carbocycles. The number of halogens is 3. The SMILES string of the molecule is O=C(O)C1(c2ccc(N3CCNCC3c3ccc(NS(=O)(=O)c4ccc(NC(CCN5CCC(OP(=O)(O)O)CC5)CSc5ccccc5)c(S(=O)(=O)C(F)(F)F)c4)cc3)cc2)C=CNC1. The van der Waals surface area contributed by atoms with Gasteiger partial charge in [-0.1, -0.05) is 42.5 Å². The average molecular weight is 995 g/mol. The van der Waals surface area contributed by atoms with E-state index in [1.54, 1.807) is 36.5 Å². The number of carbonyl (C=O) groups is 1. The van der Waals surface area contributed by atoms with Gasteiger partial charge in [0.2, 0.25) is 0 Å². The summed E-state index contributed by atoms with van der Waals surface area (Å²) in [6.07, 6.45) is 3.61. The molecule has 23 heteroatoms. The second-order valence-electron chi connectivity index (χ2n) is 16.2. The fourth-order valence-corrected chi connectivity index (χ4v) is 11.9. The summed E-state index contributed by atoms with van der Waals surface area (Å²) in [5.74, 6) is -0.681. The van der Waals surface area contributed by atoms with E-state index in [-0.39, 0.29) is 24.0 Å². The first-order valence-corrected chi connectivity index (χ1v) is 26.4. The monoisotopic (exact) mass is 994 g/mol. The van der Waals surface area contributed by atoms with Gasteiger partial charge in [-0.25, -0.2) is 21.4 Å². The average Bonchev–Trinajstić information content (AvgIpc) is 3.79. The van der Waals surface area contributed by atoms with Gasteiger partial charge in [0, 0.05) is 73.9 Å². The number of alkyl halides is 3. The number of sulfone groups is 1. The van der Waals surface area contributed by atoms with Crippen molar-refractivity contribution >= 4 is 62.5 Å². The summed E-state index contributed by atoms with van der Waals surface area (Å²) >= 11 is 1.39. The number of piperidine rings is 1. The minimum atomic E-state index is -6.08. The van der Waals surface area contributed by atoms with Gasteiger partial charge in [-0.15, -0.1) is 11.8 Å². The molecule has 3 atom stereocenters. The predicted octanol–water partition coefficient (Wildman–Crippen LogP) is 5.91. The van der Waals surface area contributed by atoms with E-state index in [9.17, 15) is 54.3 Å². The molecule has 16 nitrogen and oxygen atoms in total. The highest BCUT2D eigenvalue weighted by molar-refractivity contribution is 7.99. The smallest absolute Gasteiger partial charge is 0.480 e. The number of benzene rings is 4. The number of phosphoric ester groups is 1. The maximum Gasteiger partial charge on any atom is 0.501 e. The Morgan fingerprint density at radius 3 is 2.27 bits per heavy atom. The normalized spacial score (nSPS) is 20.4. The Kier molecular flexibility index (Phi) is 15.2. The summed E-state index contributed by atoms with van der Waals surface area (Å²) in [6.45, 7) is 3.32. The lowest BCUT2D eigenvalue weighted by atomic mass is 9.81. The Hall–Kier alpha value is -4.64. The van der Waals surface area contributed by atoms with Crippen molar-refractivity contribution in [2.24, 2.45) is 0 Å². The lowest BCUT2D eigenvalue weighted by Gasteiger charge is -2.38. The van der Waals surface area contributed by atoms with Gasteiger partial charge >= 0.3 is 19.3 Å². The number of nitrogens with zero attached hydrogens (tertiary/aromatic N) is 2. The van der Waals surface area contributed by atoms with Gasteiger partial charge in [0.05, 0.1) is 22.7 Å². The quantitative estimate of drug-likeness (QED) is 0.0455. The number of sulfonamides is 1. The minimum absolute atomic E-state index is 0.0772. The predicted molar refractivity (Wildman–Crippen MR) is 245 cm³/mol. The summed E-state index contributed by atoms with van der Waals surface area (Å²) in [5.41, 5.74) is -5.01. The summed E-state index contributed by atoms with van der Waals surface area (Å²) in [6, 6.07) is 24.7. The van der Waals surface area contributed by atoms with Gasteiger partial charge in [0.15, 0.2) is 0 Å². The molecule has 356 valence electrons. The number of carboxylic acid groups (broad SMARTS) is 1. The molecule has 0 radical (unpaired) electrons. The molecule has 0 saturated carbocycles. The van der Waals surface area contributed by atoms with Crippen LogP contribution in [0.15, 0.2) is 124 Å². The first-order chi connectivity index (χ1) is 31.2. The Morgan fingerprint density at radius 1 is 0.955 bits per heavy atom. The molecule has 4 aromatic carbocycles. The minimum Gasteiger partial charge on any atom is -0.480 e. The highest BCUT2D eigenvalue weighted by atomic mass is 32.2. The first kappa shape index (κ1) is 49.3. The molecule has 4 aromatic rings. The van der Waals surface area contributed by atoms with Crippen LogP contribution in [0.5, 0.6) is 0 Å². The lowest BCUT2D eigenvalue weighted by molar-refractivity contribution is -0.141. The molecule has 0 aromatic heterocycles. The molecule has 7 N–H and O–H groups in total. The van der Waals surface area contributed by atoms with Crippen molar-refractivity contribution in [3.8, 4) is 0 Å². The molecule has 3 aliphatic rings. The standard InChI is InChI=1S/C43H50F3N6O10PS3/c44-43(45,46)65(58,59)40-26-37(14-15-38(40)49-33(28-64-36-4-2-1-3-5-36)16-22-51-23-17-35(18-24-51)62-63(55,56)57)66(60,61)50-32-10-6-30(7-11-32)39-27-47-21-25-52(39)34-12-8-31(9-13-34)42(41(53)54)19-20-48-29-42/h1-15,19-20,26,33,35,39,47-50H,16-18,21-25,27-29H2,(H,53,54)(H2,55,56,57). The van der Waals surface area contributed by atoms with Crippen molar-refractivity contribution in [1.82, 2.24) is 15.5 Å². The van der Waals surface area contributed by atoms with Gasteiger partial charge in [0.1, 0.15) is 10.3 Å². The Morgan fingerprint density at radius 2 is 1.65 bits per heavy atom. The van der Waals surface area contributed by atoms with Crippen LogP contribution in [0.2, 0.25) is 0 Å². The van der Waals surface area contributed by atoms with Crippen LogP contribution in [0.4, 0.5) is 30.2 Å². The van der Waals surface area contributed by atoms with Crippen LogP contribution in [-0.2, 0) is 39.2 Å². The molecule has 2 saturated heterocycles. The number of piperazine rings is 1. The third-order valence-corrected chi connectivity index (χ3v) is 16.4. The maximum absolute atomic E-state index is 14.3. The Bertz CT molecular complexity index is 2640. The highest BCUT2D eigenvalue weighted by Crippen LogP contribution is 2.41. The highest BCUT2D eigenvalue weighted by Gasteiger charge is 2.48. The van der Waals surface area contributed by atoms with Gasteiger partial charge in [-0.3, -0.25) is 14.0 Å². The van der Waals surface area contributed by atoms with Gasteiger partial charge in [-0.05, 0) is 97.3 Å². The lowest BCUT2D eigenvalue weighted by Crippen LogP contribution is -2.46. The number of aliphatic carboxylic acids is 1. The van der Waals surface area contributed by atoms with Crippen LogP contribution in [0.3, 0.4) is 0 Å². The molecule has 66 heavy (non-hydrogen) atoms. The molecule has 0 bridgehead atoms. The summed E-state index contributed by atoms with van der Waals surface area (Å²) in [4.78, 5) is 33.6. The van der Waals surface area contributed by atoms with Crippen molar-refractivity contribution in [3.05, 3.63) is 120 Å². The number of likely N-dealkylation sites (tertiary alicyclic amines) is 1. The number of rotatable bonds is 18. The zero-order chi connectivity index (χ0) is 47.3.